The van der Waals surface area contributed by atoms with Crippen molar-refractivity contribution in [3.63, 3.8) is 0 Å². The predicted molar refractivity (Wildman–Crippen MR) is 108 cm³/mol. The normalized spacial score (nSPS) is 15.2. The Morgan fingerprint density at radius 2 is 1.75 bits per heavy atom. The number of hydrogen-bond donors (Lipinski definition) is 3. The van der Waals surface area contributed by atoms with E-state index in [2.05, 4.69) is 10.6 Å². The molecular weight excluding hydrogens is 385 g/mol. The summed E-state index contributed by atoms with van der Waals surface area (Å²) in [5, 5.41) is 5.25. The summed E-state index contributed by atoms with van der Waals surface area (Å²) in [5.74, 6) is -1.27. The molecule has 0 spiro atoms. The van der Waals surface area contributed by atoms with Gasteiger partial charge >= 0.3 is 0 Å². The number of amides is 2. The molecule has 0 unspecified atom stereocenters. The van der Waals surface area contributed by atoms with Crippen LogP contribution in [0.3, 0.4) is 0 Å². The van der Waals surface area contributed by atoms with E-state index < -0.39 is 11.4 Å². The maximum absolute atomic E-state index is 14.1. The van der Waals surface area contributed by atoms with E-state index in [0.717, 1.165) is 5.56 Å². The van der Waals surface area contributed by atoms with E-state index in [1.807, 2.05) is 30.3 Å². The standard InChI is InChI=1S/C20H22FN3O3.ClH/c21-16-7-6-15(23-19(26)20(22)8-10-27-11-9-20)13-17(16)24-18(25)12-14-4-2-1-3-5-14;/h1-7,13H,8-12,22H2,(H,23,26)(H,24,25);1H. The molecule has 1 aliphatic heterocycles. The van der Waals surface area contributed by atoms with Crippen LogP contribution in [0.1, 0.15) is 18.4 Å². The van der Waals surface area contributed by atoms with Crippen molar-refractivity contribution in [1.29, 1.82) is 0 Å². The van der Waals surface area contributed by atoms with Crippen LogP contribution < -0.4 is 16.4 Å². The Balaban J connectivity index is 0.00000280. The van der Waals surface area contributed by atoms with Crippen molar-refractivity contribution in [2.75, 3.05) is 23.8 Å². The minimum absolute atomic E-state index is 0. The van der Waals surface area contributed by atoms with E-state index in [4.69, 9.17) is 10.5 Å². The molecule has 1 saturated heterocycles. The molecule has 2 aromatic carbocycles. The first-order chi connectivity index (χ1) is 13.0. The lowest BCUT2D eigenvalue weighted by molar-refractivity contribution is -0.124. The van der Waals surface area contributed by atoms with Gasteiger partial charge in [-0.1, -0.05) is 30.3 Å². The van der Waals surface area contributed by atoms with Gasteiger partial charge in [0, 0.05) is 18.9 Å². The Bertz CT molecular complexity index is 827. The first-order valence-corrected chi connectivity index (χ1v) is 8.78. The van der Waals surface area contributed by atoms with Crippen LogP contribution in [0, 0.1) is 5.82 Å². The van der Waals surface area contributed by atoms with Crippen molar-refractivity contribution in [3.05, 3.63) is 59.9 Å². The van der Waals surface area contributed by atoms with Gasteiger partial charge in [0.05, 0.1) is 12.1 Å². The Kier molecular flexibility index (Phi) is 7.51. The number of halogens is 2. The second kappa shape index (κ2) is 9.64. The number of carbonyl (C=O) groups is 2. The monoisotopic (exact) mass is 407 g/mol. The minimum Gasteiger partial charge on any atom is -0.381 e. The third kappa shape index (κ3) is 5.51. The van der Waals surface area contributed by atoms with Crippen molar-refractivity contribution in [2.24, 2.45) is 5.73 Å². The second-order valence-electron chi connectivity index (χ2n) is 6.63. The van der Waals surface area contributed by atoms with Gasteiger partial charge in [0.2, 0.25) is 11.8 Å². The van der Waals surface area contributed by atoms with E-state index in [0.29, 0.717) is 31.7 Å². The molecule has 0 aromatic heterocycles. The van der Waals surface area contributed by atoms with Crippen LogP contribution in [-0.2, 0) is 20.7 Å². The number of nitrogens with two attached hydrogens (primary N) is 1. The zero-order chi connectivity index (χ0) is 19.3. The molecule has 0 aliphatic carbocycles. The summed E-state index contributed by atoms with van der Waals surface area (Å²) in [5.41, 5.74) is 6.34. The first kappa shape index (κ1) is 21.8. The molecule has 0 atom stereocenters. The molecule has 2 aromatic rings. The number of hydrogen-bond acceptors (Lipinski definition) is 4. The van der Waals surface area contributed by atoms with Crippen LogP contribution in [0.25, 0.3) is 0 Å². The fourth-order valence-electron chi connectivity index (χ4n) is 2.89. The maximum Gasteiger partial charge on any atom is 0.244 e. The predicted octanol–water partition coefficient (Wildman–Crippen LogP) is 2.88. The van der Waals surface area contributed by atoms with Gasteiger partial charge in [0.1, 0.15) is 11.4 Å². The Hall–Kier alpha value is -2.48. The van der Waals surface area contributed by atoms with Gasteiger partial charge in [-0.05, 0) is 36.6 Å². The Labute approximate surface area is 169 Å². The van der Waals surface area contributed by atoms with Gasteiger partial charge in [-0.2, -0.15) is 0 Å². The molecule has 1 fully saturated rings. The quantitative estimate of drug-likeness (QED) is 0.710. The summed E-state index contributed by atoms with van der Waals surface area (Å²) in [6, 6.07) is 13.2. The molecular formula is C20H23ClFN3O3. The molecule has 28 heavy (non-hydrogen) atoms. The summed E-state index contributed by atoms with van der Waals surface area (Å²) >= 11 is 0. The van der Waals surface area contributed by atoms with Gasteiger partial charge in [-0.15, -0.1) is 12.4 Å². The van der Waals surface area contributed by atoms with Gasteiger partial charge < -0.3 is 21.1 Å². The second-order valence-corrected chi connectivity index (χ2v) is 6.63. The van der Waals surface area contributed by atoms with E-state index in [9.17, 15) is 14.0 Å². The van der Waals surface area contributed by atoms with Crippen molar-refractivity contribution in [1.82, 2.24) is 0 Å². The average Bonchev–Trinajstić information content (AvgIpc) is 2.66. The molecule has 1 heterocycles. The number of benzene rings is 2. The fourth-order valence-corrected chi connectivity index (χ4v) is 2.89. The highest BCUT2D eigenvalue weighted by atomic mass is 35.5. The van der Waals surface area contributed by atoms with Crippen LogP contribution >= 0.6 is 12.4 Å². The van der Waals surface area contributed by atoms with Crippen molar-refractivity contribution in [3.8, 4) is 0 Å². The number of ether oxygens (including phenoxy) is 1. The molecule has 4 N–H and O–H groups in total. The summed E-state index contributed by atoms with van der Waals surface area (Å²) in [6.07, 6.45) is 0.962. The van der Waals surface area contributed by atoms with Gasteiger partial charge in [-0.25, -0.2) is 4.39 Å². The van der Waals surface area contributed by atoms with E-state index >= 15 is 0 Å². The van der Waals surface area contributed by atoms with Gasteiger partial charge in [0.25, 0.3) is 0 Å². The topological polar surface area (TPSA) is 93.5 Å². The van der Waals surface area contributed by atoms with Crippen LogP contribution in [0.15, 0.2) is 48.5 Å². The van der Waals surface area contributed by atoms with E-state index in [-0.39, 0.29) is 36.3 Å². The molecule has 0 radical (unpaired) electrons. The highest BCUT2D eigenvalue weighted by molar-refractivity contribution is 5.99. The average molecular weight is 408 g/mol. The third-order valence-corrected chi connectivity index (χ3v) is 4.54. The largest absolute Gasteiger partial charge is 0.381 e. The van der Waals surface area contributed by atoms with E-state index in [1.54, 1.807) is 0 Å². The Morgan fingerprint density at radius 3 is 2.43 bits per heavy atom. The zero-order valence-corrected chi connectivity index (χ0v) is 16.1. The molecule has 6 nitrogen and oxygen atoms in total. The number of carbonyl (C=O) groups excluding carboxylic acids is 2. The third-order valence-electron chi connectivity index (χ3n) is 4.54. The molecule has 1 aliphatic rings. The minimum atomic E-state index is -1.01. The van der Waals surface area contributed by atoms with Crippen LogP contribution in [0.5, 0.6) is 0 Å². The summed E-state index contributed by atoms with van der Waals surface area (Å²) < 4.78 is 19.3. The zero-order valence-electron chi connectivity index (χ0n) is 15.2. The smallest absolute Gasteiger partial charge is 0.244 e. The molecule has 3 rings (SSSR count). The fraction of sp³-hybridized carbons (Fsp3) is 0.300. The highest BCUT2D eigenvalue weighted by Gasteiger charge is 2.36. The van der Waals surface area contributed by atoms with Gasteiger partial charge in [-0.3, -0.25) is 9.59 Å². The lowest BCUT2D eigenvalue weighted by atomic mass is 9.90. The maximum atomic E-state index is 14.1. The van der Waals surface area contributed by atoms with E-state index in [1.165, 1.54) is 18.2 Å². The lowest BCUT2D eigenvalue weighted by Crippen LogP contribution is -2.54. The number of anilines is 2. The number of nitrogens with one attached hydrogen (secondary N) is 2. The van der Waals surface area contributed by atoms with Crippen molar-refractivity contribution in [2.45, 2.75) is 24.8 Å². The molecule has 0 bridgehead atoms. The SMILES string of the molecule is Cl.NC1(C(=O)Nc2ccc(F)c(NC(=O)Cc3ccccc3)c2)CCOCC1. The van der Waals surface area contributed by atoms with Gasteiger partial charge in [0.15, 0.2) is 0 Å². The van der Waals surface area contributed by atoms with Crippen LogP contribution in [0.2, 0.25) is 0 Å². The summed E-state index contributed by atoms with van der Waals surface area (Å²) in [4.78, 5) is 24.6. The molecule has 150 valence electrons. The first-order valence-electron chi connectivity index (χ1n) is 8.78. The molecule has 8 heteroatoms. The Morgan fingerprint density at radius 1 is 1.07 bits per heavy atom. The highest BCUT2D eigenvalue weighted by Crippen LogP contribution is 2.23. The molecule has 2 amide bonds. The summed E-state index contributed by atoms with van der Waals surface area (Å²) in [6.45, 7) is 0.849. The van der Waals surface area contributed by atoms with Crippen LogP contribution in [-0.4, -0.2) is 30.6 Å². The lowest BCUT2D eigenvalue weighted by Gasteiger charge is -2.31. The van der Waals surface area contributed by atoms with Crippen LogP contribution in [0.4, 0.5) is 15.8 Å². The van der Waals surface area contributed by atoms with Crippen molar-refractivity contribution >= 4 is 35.6 Å². The van der Waals surface area contributed by atoms with Crippen molar-refractivity contribution < 1.29 is 18.7 Å². The summed E-state index contributed by atoms with van der Waals surface area (Å²) in [7, 11) is 0. The molecule has 0 saturated carbocycles. The number of rotatable bonds is 5.